The predicted molar refractivity (Wildman–Crippen MR) is 143 cm³/mol. The zero-order chi connectivity index (χ0) is 24.4. The van der Waals surface area contributed by atoms with E-state index in [-0.39, 0.29) is 17.8 Å². The first-order valence-corrected chi connectivity index (χ1v) is 14.3. The van der Waals surface area contributed by atoms with Gasteiger partial charge in [0.25, 0.3) is 0 Å². The molecule has 35 heavy (non-hydrogen) atoms. The molecule has 0 bridgehead atoms. The lowest BCUT2D eigenvalue weighted by Gasteiger charge is -2.14. The Bertz CT molecular complexity index is 1340. The van der Waals surface area contributed by atoms with Crippen molar-refractivity contribution in [3.05, 3.63) is 51.0 Å². The summed E-state index contributed by atoms with van der Waals surface area (Å²) in [5.74, 6) is 0.937. The van der Waals surface area contributed by atoms with Crippen LogP contribution in [0.1, 0.15) is 28.8 Å². The maximum Gasteiger partial charge on any atom is 0.236 e. The van der Waals surface area contributed by atoms with Gasteiger partial charge in [0.15, 0.2) is 16.1 Å². The van der Waals surface area contributed by atoms with E-state index in [1.165, 1.54) is 39.1 Å². The summed E-state index contributed by atoms with van der Waals surface area (Å²) >= 11 is 4.51. The second-order valence-corrected chi connectivity index (χ2v) is 11.6. The molecule has 1 aliphatic rings. The van der Waals surface area contributed by atoms with Crippen LogP contribution in [0.5, 0.6) is 0 Å². The van der Waals surface area contributed by atoms with Crippen LogP contribution in [0, 0.1) is 20.8 Å². The molecule has 4 heterocycles. The van der Waals surface area contributed by atoms with Crippen LogP contribution in [-0.2, 0) is 16.1 Å². The Kier molecular flexibility index (Phi) is 7.33. The third-order valence-corrected chi connectivity index (χ3v) is 8.59. The smallest absolute Gasteiger partial charge is 0.236 e. The Morgan fingerprint density at radius 3 is 2.77 bits per heavy atom. The van der Waals surface area contributed by atoms with E-state index in [2.05, 4.69) is 75.5 Å². The molecule has 1 amide bonds. The van der Waals surface area contributed by atoms with Gasteiger partial charge in [0, 0.05) is 33.4 Å². The lowest BCUT2D eigenvalue weighted by molar-refractivity contribution is -0.113. The zero-order valence-electron chi connectivity index (χ0n) is 19.9. The molecular weight excluding hydrogens is 499 g/mol. The molecule has 7 nitrogen and oxygen atoms in total. The number of aromatic nitrogens is 4. The Morgan fingerprint density at radius 2 is 2.03 bits per heavy atom. The number of nitrogens with one attached hydrogen (secondary N) is 1. The summed E-state index contributed by atoms with van der Waals surface area (Å²) < 4.78 is 7.96. The molecule has 1 atom stereocenters. The van der Waals surface area contributed by atoms with Crippen LogP contribution in [0.4, 0.5) is 5.13 Å². The summed E-state index contributed by atoms with van der Waals surface area (Å²) in [5, 5.41) is 17.2. The second-order valence-electron chi connectivity index (χ2n) is 8.67. The number of ether oxygens (including phenoxy) is 1. The molecule has 0 saturated carbocycles. The largest absolute Gasteiger partial charge is 0.376 e. The molecule has 1 aliphatic heterocycles. The van der Waals surface area contributed by atoms with Gasteiger partial charge >= 0.3 is 0 Å². The molecule has 1 unspecified atom stereocenters. The van der Waals surface area contributed by atoms with Crippen molar-refractivity contribution < 1.29 is 9.53 Å². The number of nitrogens with zero attached hydrogens (tertiary/aromatic N) is 4. The summed E-state index contributed by atoms with van der Waals surface area (Å²) in [6.45, 7) is 7.75. The fraction of sp³-hybridized carbons (Fsp3) is 0.360. The average molecular weight is 526 g/mol. The number of rotatable bonds is 8. The lowest BCUT2D eigenvalue weighted by atomic mass is 10.1. The number of thiazole rings is 1. The third-order valence-electron chi connectivity index (χ3n) is 6.00. The molecule has 1 fully saturated rings. The Morgan fingerprint density at radius 1 is 1.14 bits per heavy atom. The van der Waals surface area contributed by atoms with Crippen molar-refractivity contribution in [2.45, 2.75) is 51.4 Å². The first-order chi connectivity index (χ1) is 17.0. The Hall–Kier alpha value is -2.53. The van der Waals surface area contributed by atoms with E-state index in [0.29, 0.717) is 11.7 Å². The molecule has 4 aromatic rings. The van der Waals surface area contributed by atoms with Gasteiger partial charge in [-0.1, -0.05) is 23.9 Å². The third kappa shape index (κ3) is 5.66. The topological polar surface area (TPSA) is 81.9 Å². The molecule has 1 N–H and O–H groups in total. The number of carbonyl (C=O) groups excluding carboxylic acids is 1. The van der Waals surface area contributed by atoms with Crippen LogP contribution in [0.3, 0.4) is 0 Å². The van der Waals surface area contributed by atoms with Crippen LogP contribution in [0.25, 0.3) is 22.6 Å². The van der Waals surface area contributed by atoms with E-state index in [1.807, 2.05) is 5.38 Å². The number of benzene rings is 1. The van der Waals surface area contributed by atoms with Gasteiger partial charge in [-0.05, 0) is 56.9 Å². The zero-order valence-corrected chi connectivity index (χ0v) is 22.4. The highest BCUT2D eigenvalue weighted by Gasteiger charge is 2.23. The second kappa shape index (κ2) is 10.6. The van der Waals surface area contributed by atoms with Gasteiger partial charge in [-0.2, -0.15) is 0 Å². The van der Waals surface area contributed by atoms with Crippen LogP contribution in [-0.4, -0.2) is 44.1 Å². The normalized spacial score (nSPS) is 15.6. The van der Waals surface area contributed by atoms with Crippen molar-refractivity contribution in [2.75, 3.05) is 17.7 Å². The number of anilines is 1. The number of carbonyl (C=O) groups is 1. The van der Waals surface area contributed by atoms with Gasteiger partial charge in [0.1, 0.15) is 0 Å². The minimum Gasteiger partial charge on any atom is -0.376 e. The highest BCUT2D eigenvalue weighted by molar-refractivity contribution is 7.99. The standard InChI is InChI=1S/C25H27N5O2S3/c1-15-6-7-18(9-16(15)2)21-13-34-24(26-21)27-22(31)14-35-25-29-28-23(19-10-17(3)33-12-19)30(25)11-20-5-4-8-32-20/h6-7,9-10,12-13,20H,4-5,8,11,14H2,1-3H3,(H,26,27,31). The minimum atomic E-state index is -0.115. The van der Waals surface area contributed by atoms with Gasteiger partial charge < -0.3 is 10.1 Å². The van der Waals surface area contributed by atoms with Gasteiger partial charge in [0.05, 0.1) is 24.1 Å². The maximum absolute atomic E-state index is 12.7. The predicted octanol–water partition coefficient (Wildman–Crippen LogP) is 5.97. The van der Waals surface area contributed by atoms with E-state index >= 15 is 0 Å². The van der Waals surface area contributed by atoms with E-state index in [4.69, 9.17) is 4.74 Å². The van der Waals surface area contributed by atoms with Crippen molar-refractivity contribution in [3.8, 4) is 22.6 Å². The van der Waals surface area contributed by atoms with E-state index in [9.17, 15) is 4.79 Å². The molecule has 0 spiro atoms. The van der Waals surface area contributed by atoms with Crippen LogP contribution in [0.2, 0.25) is 0 Å². The fourth-order valence-electron chi connectivity index (χ4n) is 3.98. The van der Waals surface area contributed by atoms with Crippen molar-refractivity contribution in [1.82, 2.24) is 19.7 Å². The van der Waals surface area contributed by atoms with Gasteiger partial charge in [-0.3, -0.25) is 9.36 Å². The summed E-state index contributed by atoms with van der Waals surface area (Å²) in [5.41, 5.74) is 5.45. The van der Waals surface area contributed by atoms with Gasteiger partial charge in [-0.25, -0.2) is 4.98 Å². The van der Waals surface area contributed by atoms with Gasteiger partial charge in [-0.15, -0.1) is 32.9 Å². The first-order valence-electron chi connectivity index (χ1n) is 11.5. The highest BCUT2D eigenvalue weighted by atomic mass is 32.2. The molecule has 182 valence electrons. The Balaban J connectivity index is 1.26. The van der Waals surface area contributed by atoms with Crippen molar-refractivity contribution >= 4 is 45.5 Å². The monoisotopic (exact) mass is 525 g/mol. The van der Waals surface area contributed by atoms with Crippen LogP contribution in [0.15, 0.2) is 40.2 Å². The molecule has 1 aromatic carbocycles. The molecular formula is C25H27N5O2S3. The molecule has 3 aromatic heterocycles. The van der Waals surface area contributed by atoms with E-state index in [1.54, 1.807) is 11.3 Å². The summed E-state index contributed by atoms with van der Waals surface area (Å²) in [6.07, 6.45) is 2.25. The molecule has 0 radical (unpaired) electrons. The Labute approximate surface area is 217 Å². The van der Waals surface area contributed by atoms with Crippen LogP contribution < -0.4 is 5.32 Å². The maximum atomic E-state index is 12.7. The summed E-state index contributed by atoms with van der Waals surface area (Å²) in [4.78, 5) is 18.6. The lowest BCUT2D eigenvalue weighted by Crippen LogP contribution is -2.18. The fourth-order valence-corrected chi connectivity index (χ4v) is 6.14. The number of thiophene rings is 1. The SMILES string of the molecule is Cc1cc(-c2nnc(SCC(=O)Nc3nc(-c4ccc(C)c(C)c4)cs3)n2CC2CCCO2)cs1. The number of hydrogen-bond acceptors (Lipinski definition) is 8. The van der Waals surface area contributed by atoms with Crippen LogP contribution >= 0.6 is 34.4 Å². The van der Waals surface area contributed by atoms with Crippen molar-refractivity contribution in [2.24, 2.45) is 0 Å². The van der Waals surface area contributed by atoms with E-state index < -0.39 is 0 Å². The minimum absolute atomic E-state index is 0.115. The summed E-state index contributed by atoms with van der Waals surface area (Å²) in [6, 6.07) is 8.40. The number of thioether (sulfide) groups is 1. The molecule has 1 saturated heterocycles. The van der Waals surface area contributed by atoms with Crippen molar-refractivity contribution in [1.29, 1.82) is 0 Å². The number of aryl methyl sites for hydroxylation is 3. The van der Waals surface area contributed by atoms with E-state index in [0.717, 1.165) is 47.3 Å². The first kappa shape index (κ1) is 24.2. The molecule has 10 heteroatoms. The quantitative estimate of drug-likeness (QED) is 0.286. The van der Waals surface area contributed by atoms with Crippen molar-refractivity contribution in [3.63, 3.8) is 0 Å². The van der Waals surface area contributed by atoms with Gasteiger partial charge in [0.2, 0.25) is 5.91 Å². The molecule has 5 rings (SSSR count). The summed E-state index contributed by atoms with van der Waals surface area (Å²) in [7, 11) is 0. The molecule has 0 aliphatic carbocycles. The number of amides is 1. The average Bonchev–Trinajstić information content (AvgIpc) is 3.63. The highest BCUT2D eigenvalue weighted by Crippen LogP contribution is 2.30. The number of hydrogen-bond donors (Lipinski definition) is 1.